The van der Waals surface area contributed by atoms with E-state index in [4.69, 9.17) is 5.10 Å². The second-order valence-corrected chi connectivity index (χ2v) is 8.61. The third-order valence-corrected chi connectivity index (χ3v) is 6.55. The normalized spacial score (nSPS) is 21.3. The second kappa shape index (κ2) is 8.53. The summed E-state index contributed by atoms with van der Waals surface area (Å²) in [5, 5.41) is 14.8. The van der Waals surface area contributed by atoms with Crippen LogP contribution in [0.4, 0.5) is 20.4 Å². The number of carbonyl (C=O) groups excluding carboxylic acids is 1. The van der Waals surface area contributed by atoms with E-state index in [0.29, 0.717) is 36.7 Å². The number of amides is 1. The molecule has 0 saturated heterocycles. The summed E-state index contributed by atoms with van der Waals surface area (Å²) < 4.78 is 28.9. The molecule has 1 N–H and O–H groups in total. The molecule has 0 bridgehead atoms. The van der Waals surface area contributed by atoms with Crippen molar-refractivity contribution in [1.29, 1.82) is 0 Å². The highest BCUT2D eigenvalue weighted by molar-refractivity contribution is 5.74. The van der Waals surface area contributed by atoms with Gasteiger partial charge in [-0.1, -0.05) is 0 Å². The molecule has 0 atom stereocenters. The fraction of sp³-hybridized carbons (Fsp3) is 0.591. The highest BCUT2D eigenvalue weighted by atomic mass is 19.3. The van der Waals surface area contributed by atoms with Crippen molar-refractivity contribution in [2.45, 2.75) is 71.1 Å². The number of fused-ring (bicyclic) bond motifs is 1. The molecule has 7 nitrogen and oxygen atoms in total. The van der Waals surface area contributed by atoms with Gasteiger partial charge in [0.1, 0.15) is 5.82 Å². The van der Waals surface area contributed by atoms with Gasteiger partial charge in [0.25, 0.3) is 6.43 Å². The van der Waals surface area contributed by atoms with Crippen LogP contribution >= 0.6 is 0 Å². The molecule has 2 aliphatic rings. The van der Waals surface area contributed by atoms with E-state index in [-0.39, 0.29) is 23.6 Å². The standard InChI is InChI=1S/C22H29F2N5O2/c1-13-11-25-20(10-17(13)21(23)24)27(3)22-18-12-28(14(2)30)9-8-19(18)29(26-22)15-4-6-16(31)7-5-15/h10-11,15-16,21,31H,4-9,12H2,1-3H3. The summed E-state index contributed by atoms with van der Waals surface area (Å²) in [7, 11) is 1.78. The maximum Gasteiger partial charge on any atom is 0.264 e. The first kappa shape index (κ1) is 21.7. The van der Waals surface area contributed by atoms with E-state index in [1.807, 2.05) is 4.68 Å². The molecule has 1 aliphatic heterocycles. The van der Waals surface area contributed by atoms with E-state index < -0.39 is 6.43 Å². The van der Waals surface area contributed by atoms with Crippen molar-refractivity contribution in [3.8, 4) is 0 Å². The Morgan fingerprint density at radius 1 is 1.29 bits per heavy atom. The number of carbonyl (C=O) groups is 1. The topological polar surface area (TPSA) is 74.5 Å². The Morgan fingerprint density at radius 3 is 2.65 bits per heavy atom. The number of aliphatic hydroxyl groups excluding tert-OH is 1. The minimum Gasteiger partial charge on any atom is -0.393 e. The lowest BCUT2D eigenvalue weighted by Gasteiger charge is -2.30. The third-order valence-electron chi connectivity index (χ3n) is 6.55. The Labute approximate surface area is 180 Å². The van der Waals surface area contributed by atoms with E-state index in [9.17, 15) is 18.7 Å². The van der Waals surface area contributed by atoms with E-state index in [2.05, 4.69) is 4.98 Å². The van der Waals surface area contributed by atoms with Gasteiger partial charge in [0.05, 0.1) is 18.7 Å². The van der Waals surface area contributed by atoms with E-state index >= 15 is 0 Å². The van der Waals surface area contributed by atoms with Crippen molar-refractivity contribution >= 4 is 17.5 Å². The van der Waals surface area contributed by atoms with Crippen LogP contribution in [-0.4, -0.2) is 50.4 Å². The molecule has 0 unspecified atom stereocenters. The van der Waals surface area contributed by atoms with Crippen molar-refractivity contribution in [1.82, 2.24) is 19.7 Å². The van der Waals surface area contributed by atoms with Crippen LogP contribution in [0.25, 0.3) is 0 Å². The van der Waals surface area contributed by atoms with Crippen LogP contribution in [0.3, 0.4) is 0 Å². The van der Waals surface area contributed by atoms with Crippen LogP contribution in [0.2, 0.25) is 0 Å². The number of aliphatic hydroxyl groups is 1. The maximum absolute atomic E-state index is 13.4. The van der Waals surface area contributed by atoms with E-state index in [1.165, 1.54) is 12.3 Å². The van der Waals surface area contributed by atoms with Gasteiger partial charge >= 0.3 is 0 Å². The van der Waals surface area contributed by atoms with Crippen molar-refractivity contribution in [3.63, 3.8) is 0 Å². The zero-order valence-electron chi connectivity index (χ0n) is 18.2. The Balaban J connectivity index is 1.74. The first-order valence-electron chi connectivity index (χ1n) is 10.8. The molecule has 2 aromatic rings. The van der Waals surface area contributed by atoms with Crippen molar-refractivity contribution < 1.29 is 18.7 Å². The molecule has 1 saturated carbocycles. The molecular weight excluding hydrogens is 404 g/mol. The van der Waals surface area contributed by atoms with Gasteiger partial charge in [-0.3, -0.25) is 9.48 Å². The summed E-state index contributed by atoms with van der Waals surface area (Å²) >= 11 is 0. The molecule has 9 heteroatoms. The number of alkyl halides is 2. The molecule has 31 heavy (non-hydrogen) atoms. The number of rotatable bonds is 4. The Bertz CT molecular complexity index is 969. The van der Waals surface area contributed by atoms with Crippen LogP contribution < -0.4 is 4.90 Å². The molecule has 2 aromatic heterocycles. The average molecular weight is 434 g/mol. The number of anilines is 2. The van der Waals surface area contributed by atoms with Gasteiger partial charge in [-0.05, 0) is 44.2 Å². The molecule has 4 rings (SSSR count). The fourth-order valence-corrected chi connectivity index (χ4v) is 4.63. The van der Waals surface area contributed by atoms with Gasteiger partial charge in [-0.15, -0.1) is 0 Å². The number of hydrogen-bond acceptors (Lipinski definition) is 5. The SMILES string of the molecule is CC(=O)N1CCc2c(c(N(C)c3cc(C(F)F)c(C)cn3)nn2C2CCC(O)CC2)C1. The Morgan fingerprint density at radius 2 is 2.00 bits per heavy atom. The summed E-state index contributed by atoms with van der Waals surface area (Å²) in [6.07, 6.45) is 2.47. The molecule has 0 spiro atoms. The highest BCUT2D eigenvalue weighted by Gasteiger charge is 2.32. The van der Waals surface area contributed by atoms with Crippen molar-refractivity contribution in [2.75, 3.05) is 18.5 Å². The summed E-state index contributed by atoms with van der Waals surface area (Å²) in [6, 6.07) is 1.60. The molecule has 168 valence electrons. The number of pyridine rings is 1. The first-order chi connectivity index (χ1) is 14.8. The predicted octanol–water partition coefficient (Wildman–Crippen LogP) is 3.67. The largest absolute Gasteiger partial charge is 0.393 e. The predicted molar refractivity (Wildman–Crippen MR) is 113 cm³/mol. The smallest absolute Gasteiger partial charge is 0.264 e. The molecule has 1 fully saturated rings. The lowest BCUT2D eigenvalue weighted by atomic mass is 9.92. The number of aryl methyl sites for hydroxylation is 1. The quantitative estimate of drug-likeness (QED) is 0.796. The molecular formula is C22H29F2N5O2. The zero-order valence-corrected chi connectivity index (χ0v) is 18.2. The number of halogens is 2. The minimum absolute atomic E-state index is 0.00115. The Hall–Kier alpha value is -2.55. The van der Waals surface area contributed by atoms with Gasteiger partial charge in [-0.2, -0.15) is 5.10 Å². The number of aromatic nitrogens is 3. The molecule has 0 aromatic carbocycles. The molecule has 1 amide bonds. The summed E-state index contributed by atoms with van der Waals surface area (Å²) in [4.78, 5) is 19.9. The second-order valence-electron chi connectivity index (χ2n) is 8.61. The van der Waals surface area contributed by atoms with Crippen LogP contribution in [-0.2, 0) is 17.8 Å². The number of nitrogens with zero attached hydrogens (tertiary/aromatic N) is 5. The highest BCUT2D eigenvalue weighted by Crippen LogP contribution is 2.37. The van der Waals surface area contributed by atoms with Gasteiger partial charge in [0.15, 0.2) is 5.82 Å². The number of hydrogen-bond donors (Lipinski definition) is 1. The van der Waals surface area contributed by atoms with Crippen LogP contribution in [0.5, 0.6) is 0 Å². The summed E-state index contributed by atoms with van der Waals surface area (Å²) in [5.41, 5.74) is 2.43. The molecule has 3 heterocycles. The van der Waals surface area contributed by atoms with E-state index in [1.54, 1.807) is 30.7 Å². The lowest BCUT2D eigenvalue weighted by Crippen LogP contribution is -2.35. The van der Waals surface area contributed by atoms with Crippen LogP contribution in [0, 0.1) is 6.92 Å². The molecule has 1 aliphatic carbocycles. The Kier molecular flexibility index (Phi) is 5.96. The molecule has 0 radical (unpaired) electrons. The van der Waals surface area contributed by atoms with Crippen LogP contribution in [0.1, 0.15) is 67.5 Å². The fourth-order valence-electron chi connectivity index (χ4n) is 4.63. The van der Waals surface area contributed by atoms with Gasteiger partial charge in [-0.25, -0.2) is 13.8 Å². The summed E-state index contributed by atoms with van der Waals surface area (Å²) in [6.45, 7) is 4.24. The first-order valence-corrected chi connectivity index (χ1v) is 10.8. The van der Waals surface area contributed by atoms with Gasteiger partial charge in [0, 0.05) is 50.0 Å². The van der Waals surface area contributed by atoms with Crippen LogP contribution in [0.15, 0.2) is 12.3 Å². The monoisotopic (exact) mass is 433 g/mol. The third kappa shape index (κ3) is 4.15. The average Bonchev–Trinajstić information content (AvgIpc) is 3.12. The maximum atomic E-state index is 13.4. The lowest BCUT2D eigenvalue weighted by molar-refractivity contribution is -0.129. The van der Waals surface area contributed by atoms with E-state index in [0.717, 1.165) is 36.9 Å². The van der Waals surface area contributed by atoms with Crippen molar-refractivity contribution in [2.24, 2.45) is 0 Å². The van der Waals surface area contributed by atoms with Crippen molar-refractivity contribution in [3.05, 3.63) is 34.6 Å². The minimum atomic E-state index is -2.58. The zero-order chi connectivity index (χ0) is 22.3. The van der Waals surface area contributed by atoms with Gasteiger partial charge < -0.3 is 14.9 Å². The summed E-state index contributed by atoms with van der Waals surface area (Å²) in [5.74, 6) is 1.04. The van der Waals surface area contributed by atoms with Gasteiger partial charge in [0.2, 0.25) is 5.91 Å².